The maximum absolute atomic E-state index is 8.59. The molecule has 4 aromatic heterocycles. The Morgan fingerprint density at radius 2 is 1.15 bits per heavy atom. The first-order valence-corrected chi connectivity index (χ1v) is 15.5. The van der Waals surface area contributed by atoms with E-state index in [1.807, 2.05) is 66.7 Å². The Morgan fingerprint density at radius 1 is 0.532 bits per heavy atom. The van der Waals surface area contributed by atoms with Gasteiger partial charge in [0, 0.05) is 34.5 Å². The molecule has 0 bridgehead atoms. The van der Waals surface area contributed by atoms with Gasteiger partial charge in [-0.05, 0) is 95.8 Å². The predicted octanol–water partition coefficient (Wildman–Crippen LogP) is 9.44. The zero-order valence-electron chi connectivity index (χ0n) is 25.0. The Balaban J connectivity index is 1.22. The molecule has 47 heavy (non-hydrogen) atoms. The van der Waals surface area contributed by atoms with Gasteiger partial charge in [0.1, 0.15) is 5.71 Å². The number of pyridine rings is 4. The number of aromatic nitrogens is 4. The van der Waals surface area contributed by atoms with E-state index in [2.05, 4.69) is 87.8 Å². The van der Waals surface area contributed by atoms with Crippen molar-refractivity contribution in [3.63, 3.8) is 0 Å². The summed E-state index contributed by atoms with van der Waals surface area (Å²) >= 11 is 4.28. The summed E-state index contributed by atoms with van der Waals surface area (Å²) < 4.78 is 4.25. The van der Waals surface area contributed by atoms with Crippen LogP contribution >= 0.6 is 12.8 Å². The van der Waals surface area contributed by atoms with Gasteiger partial charge in [0.2, 0.25) is 0 Å². The molecule has 0 atom stereocenters. The van der Waals surface area contributed by atoms with Crippen LogP contribution < -0.4 is 0 Å². The quantitative estimate of drug-likeness (QED) is 0.187. The predicted molar refractivity (Wildman–Crippen MR) is 195 cm³/mol. The molecule has 0 spiro atoms. The molecule has 1 N–H and O–H groups in total. The van der Waals surface area contributed by atoms with Crippen molar-refractivity contribution in [2.45, 2.75) is 0 Å². The van der Waals surface area contributed by atoms with Crippen LogP contribution in [0.1, 0.15) is 11.1 Å². The lowest BCUT2D eigenvalue weighted by molar-refractivity contribution is 1.22. The highest BCUT2D eigenvalue weighted by Gasteiger charge is 2.24. The number of hydrogen-bond donors (Lipinski definition) is 2. The average Bonchev–Trinajstić information content (AvgIpc) is 3.15. The molecule has 222 valence electrons. The van der Waals surface area contributed by atoms with Gasteiger partial charge >= 0.3 is 0 Å². The third-order valence-corrected chi connectivity index (χ3v) is 8.51. The molecule has 8 rings (SSSR count). The molecule has 0 aliphatic heterocycles. The lowest BCUT2D eigenvalue weighted by atomic mass is 9.87. The van der Waals surface area contributed by atoms with Crippen LogP contribution in [0.25, 0.3) is 73.3 Å². The fraction of sp³-hybridized carbons (Fsp3) is 0. The highest BCUT2D eigenvalue weighted by atomic mass is 32.1. The molecule has 0 saturated carbocycles. The smallest absolute Gasteiger partial charge is 0.104 e. The number of nitrogens with one attached hydrogen (secondary N) is 1. The monoisotopic (exact) mass is 622 g/mol. The van der Waals surface area contributed by atoms with Crippen LogP contribution in [0.2, 0.25) is 0 Å². The molecule has 1 aliphatic carbocycles. The van der Waals surface area contributed by atoms with E-state index in [9.17, 15) is 0 Å². The molecule has 6 nitrogen and oxygen atoms in total. The molecule has 0 amide bonds. The standard InChI is InChI=1S/C40H26N6S/c41-32-18-17-30-38(40(32)46-47)31-22-28(16-19-33(31)45-39(30)27-8-2-1-3-9-27)25-12-14-26(15-13-25)29-23-36(34-10-4-6-20-42-34)44-37(24-29)35-11-5-7-21-43-35/h1-24,41,47H. The lowest BCUT2D eigenvalue weighted by Crippen LogP contribution is -2.18. The van der Waals surface area contributed by atoms with Gasteiger partial charge in [0.15, 0.2) is 0 Å². The van der Waals surface area contributed by atoms with Crippen LogP contribution in [-0.2, 0) is 0 Å². The van der Waals surface area contributed by atoms with Crippen LogP contribution in [0.5, 0.6) is 0 Å². The number of benzene rings is 3. The third kappa shape index (κ3) is 5.32. The van der Waals surface area contributed by atoms with Crippen LogP contribution in [0, 0.1) is 5.41 Å². The van der Waals surface area contributed by atoms with Gasteiger partial charge in [-0.1, -0.05) is 72.8 Å². The Kier molecular flexibility index (Phi) is 7.28. The van der Waals surface area contributed by atoms with Gasteiger partial charge in [-0.2, -0.15) is 0 Å². The second-order valence-corrected chi connectivity index (χ2v) is 11.4. The van der Waals surface area contributed by atoms with Crippen molar-refractivity contribution >= 4 is 41.2 Å². The Bertz CT molecular complexity index is 2290. The maximum atomic E-state index is 8.59. The lowest BCUT2D eigenvalue weighted by Gasteiger charge is -2.20. The first kappa shape index (κ1) is 28.4. The minimum absolute atomic E-state index is 0.321. The van der Waals surface area contributed by atoms with Crippen molar-refractivity contribution in [3.05, 3.63) is 151 Å². The topological polar surface area (TPSA) is 87.8 Å². The van der Waals surface area contributed by atoms with Gasteiger partial charge in [-0.3, -0.25) is 15.4 Å². The Labute approximate surface area is 277 Å². The first-order chi connectivity index (χ1) is 23.2. The van der Waals surface area contributed by atoms with E-state index >= 15 is 0 Å². The first-order valence-electron chi connectivity index (χ1n) is 15.1. The number of nitrogens with zero attached hydrogens (tertiary/aromatic N) is 5. The highest BCUT2D eigenvalue weighted by molar-refractivity contribution is 7.79. The van der Waals surface area contributed by atoms with Crippen LogP contribution in [0.4, 0.5) is 0 Å². The fourth-order valence-corrected chi connectivity index (χ4v) is 6.23. The molecule has 0 radical (unpaired) electrons. The van der Waals surface area contributed by atoms with Crippen molar-refractivity contribution < 1.29 is 0 Å². The van der Waals surface area contributed by atoms with Crippen molar-refractivity contribution in [3.8, 4) is 56.3 Å². The molecule has 7 heteroatoms. The van der Waals surface area contributed by atoms with Gasteiger partial charge in [-0.15, -0.1) is 0 Å². The van der Waals surface area contributed by atoms with Crippen molar-refractivity contribution in [1.82, 2.24) is 19.9 Å². The minimum Gasteiger partial charge on any atom is -0.299 e. The molecule has 0 saturated heterocycles. The highest BCUT2D eigenvalue weighted by Crippen LogP contribution is 2.37. The van der Waals surface area contributed by atoms with Crippen molar-refractivity contribution in [2.75, 3.05) is 0 Å². The molecular formula is C40H26N6S. The second kappa shape index (κ2) is 12.0. The average molecular weight is 623 g/mol. The Morgan fingerprint density at radius 3 is 1.77 bits per heavy atom. The Hall–Kier alpha value is -6.05. The van der Waals surface area contributed by atoms with E-state index in [0.29, 0.717) is 11.4 Å². The van der Waals surface area contributed by atoms with Gasteiger partial charge in [-0.25, -0.2) is 14.4 Å². The van der Waals surface area contributed by atoms with E-state index in [1.165, 1.54) is 0 Å². The minimum atomic E-state index is 0.321. The zero-order chi connectivity index (χ0) is 31.7. The SMILES string of the molecule is N=C1C=Cc2c(-c3ccccc3)nc3ccc(-c4ccc(-c5cc(-c6ccccn6)nc(-c6ccccn6)c5)cc4)cc3c2C1=NS. The zero-order valence-corrected chi connectivity index (χ0v) is 25.9. The van der Waals surface area contributed by atoms with Gasteiger partial charge < -0.3 is 0 Å². The molecular weight excluding hydrogens is 597 g/mol. The maximum Gasteiger partial charge on any atom is 0.104 e. The summed E-state index contributed by atoms with van der Waals surface area (Å²) in [5, 5.41) is 9.52. The summed E-state index contributed by atoms with van der Waals surface area (Å²) in [6.45, 7) is 0. The molecule has 4 heterocycles. The summed E-state index contributed by atoms with van der Waals surface area (Å²) in [6.07, 6.45) is 7.28. The largest absolute Gasteiger partial charge is 0.299 e. The summed E-state index contributed by atoms with van der Waals surface area (Å²) in [5.74, 6) is 0. The van der Waals surface area contributed by atoms with E-state index in [0.717, 1.165) is 78.3 Å². The summed E-state index contributed by atoms with van der Waals surface area (Å²) in [5.41, 5.74) is 12.7. The van der Waals surface area contributed by atoms with Gasteiger partial charge in [0.25, 0.3) is 0 Å². The van der Waals surface area contributed by atoms with E-state index in [1.54, 1.807) is 18.5 Å². The van der Waals surface area contributed by atoms with Crippen molar-refractivity contribution in [1.29, 1.82) is 5.41 Å². The summed E-state index contributed by atoms with van der Waals surface area (Å²) in [7, 11) is 0. The van der Waals surface area contributed by atoms with Gasteiger partial charge in [0.05, 0.1) is 39.7 Å². The fourth-order valence-electron chi connectivity index (χ4n) is 6.02. The molecule has 0 fully saturated rings. The number of thiol groups is 1. The van der Waals surface area contributed by atoms with E-state index < -0.39 is 0 Å². The summed E-state index contributed by atoms with van der Waals surface area (Å²) in [6, 6.07) is 40.7. The van der Waals surface area contributed by atoms with E-state index in [-0.39, 0.29) is 0 Å². The number of rotatable bonds is 5. The number of hydrogen-bond acceptors (Lipinski definition) is 7. The van der Waals surface area contributed by atoms with Crippen molar-refractivity contribution in [2.24, 2.45) is 4.40 Å². The molecule has 1 aliphatic rings. The molecule has 3 aromatic carbocycles. The molecule has 7 aromatic rings. The van der Waals surface area contributed by atoms with Crippen LogP contribution in [0.15, 0.2) is 144 Å². The normalized spacial score (nSPS) is 13.2. The molecule has 0 unspecified atom stereocenters. The second-order valence-electron chi connectivity index (χ2n) is 11.2. The summed E-state index contributed by atoms with van der Waals surface area (Å²) in [4.78, 5) is 19.1. The number of allylic oxidation sites excluding steroid dienone is 1. The van der Waals surface area contributed by atoms with Crippen LogP contribution in [-0.4, -0.2) is 31.4 Å². The third-order valence-electron chi connectivity index (χ3n) is 8.31. The number of fused-ring (bicyclic) bond motifs is 3. The van der Waals surface area contributed by atoms with E-state index in [4.69, 9.17) is 15.4 Å². The van der Waals surface area contributed by atoms with Crippen LogP contribution in [0.3, 0.4) is 0 Å².